The summed E-state index contributed by atoms with van der Waals surface area (Å²) in [6, 6.07) is 6.16. The van der Waals surface area contributed by atoms with E-state index < -0.39 is 0 Å². The van der Waals surface area contributed by atoms with E-state index in [-0.39, 0.29) is 5.82 Å². The Hall–Kier alpha value is -1.14. The molecule has 0 aliphatic rings. The van der Waals surface area contributed by atoms with Crippen molar-refractivity contribution in [3.63, 3.8) is 0 Å². The summed E-state index contributed by atoms with van der Waals surface area (Å²) in [5.41, 5.74) is 0.811. The maximum Gasteiger partial charge on any atom is 0.210 e. The molecule has 0 unspecified atom stereocenters. The van der Waals surface area contributed by atoms with Gasteiger partial charge < -0.3 is 5.32 Å². The number of thioether (sulfide) groups is 1. The van der Waals surface area contributed by atoms with Gasteiger partial charge >= 0.3 is 0 Å². The number of anilines is 2. The Bertz CT molecular complexity index is 455. The molecule has 1 N–H and O–H groups in total. The average Bonchev–Trinajstić information content (AvgIpc) is 2.70. The van der Waals surface area contributed by atoms with Crippen LogP contribution in [0.5, 0.6) is 0 Å². The number of halogens is 1. The third-order valence-corrected chi connectivity index (χ3v) is 3.62. The Labute approximate surface area is 101 Å². The second kappa shape index (κ2) is 5.27. The first-order chi connectivity index (χ1) is 7.78. The molecule has 0 radical (unpaired) electrons. The highest BCUT2D eigenvalue weighted by Gasteiger charge is 2.03. The third kappa shape index (κ3) is 2.93. The minimum Gasteiger partial charge on any atom is -0.330 e. The van der Waals surface area contributed by atoms with E-state index in [9.17, 15) is 4.39 Å². The molecule has 0 bridgehead atoms. The molecule has 1 heterocycles. The normalized spacial score (nSPS) is 10.4. The SMILES string of the molecule is CCSc1nnc(Nc2ccc(F)cc2)s1. The van der Waals surface area contributed by atoms with Gasteiger partial charge in [-0.2, -0.15) is 0 Å². The van der Waals surface area contributed by atoms with Crippen LogP contribution in [0.15, 0.2) is 28.6 Å². The van der Waals surface area contributed by atoms with Gasteiger partial charge in [0, 0.05) is 5.69 Å². The van der Waals surface area contributed by atoms with Crippen molar-refractivity contribution < 1.29 is 4.39 Å². The van der Waals surface area contributed by atoms with Crippen LogP contribution in [0.1, 0.15) is 6.92 Å². The second-order valence-electron chi connectivity index (χ2n) is 2.94. The Morgan fingerprint density at radius 1 is 1.31 bits per heavy atom. The van der Waals surface area contributed by atoms with Gasteiger partial charge in [0.15, 0.2) is 4.34 Å². The molecule has 0 fully saturated rings. The maximum atomic E-state index is 12.7. The minimum absolute atomic E-state index is 0.245. The Morgan fingerprint density at radius 3 is 2.75 bits per heavy atom. The van der Waals surface area contributed by atoms with Gasteiger partial charge in [0.25, 0.3) is 0 Å². The Balaban J connectivity index is 2.05. The van der Waals surface area contributed by atoms with Crippen LogP contribution in [-0.4, -0.2) is 16.0 Å². The van der Waals surface area contributed by atoms with E-state index in [1.165, 1.54) is 23.5 Å². The summed E-state index contributed by atoms with van der Waals surface area (Å²) in [5, 5.41) is 11.8. The van der Waals surface area contributed by atoms with Crippen LogP contribution in [0.2, 0.25) is 0 Å². The minimum atomic E-state index is -0.245. The summed E-state index contributed by atoms with van der Waals surface area (Å²) in [4.78, 5) is 0. The molecule has 3 nitrogen and oxygen atoms in total. The Morgan fingerprint density at radius 2 is 2.06 bits per heavy atom. The molecule has 0 saturated heterocycles. The summed E-state index contributed by atoms with van der Waals surface area (Å²) >= 11 is 3.15. The molecule has 0 atom stereocenters. The first-order valence-electron chi connectivity index (χ1n) is 4.77. The molecule has 2 aromatic rings. The van der Waals surface area contributed by atoms with Crippen molar-refractivity contribution in [1.29, 1.82) is 0 Å². The summed E-state index contributed by atoms with van der Waals surface area (Å²) in [6.07, 6.45) is 0. The lowest BCUT2D eigenvalue weighted by Gasteiger charge is -2.00. The fraction of sp³-hybridized carbons (Fsp3) is 0.200. The zero-order valence-electron chi connectivity index (χ0n) is 8.61. The first kappa shape index (κ1) is 11.3. The number of nitrogens with one attached hydrogen (secondary N) is 1. The summed E-state index contributed by atoms with van der Waals surface area (Å²) < 4.78 is 13.6. The number of aromatic nitrogens is 2. The van der Waals surface area contributed by atoms with Crippen molar-refractivity contribution in [3.8, 4) is 0 Å². The molecular weight excluding hydrogens is 245 g/mol. The standard InChI is InChI=1S/C10H10FN3S2/c1-2-15-10-14-13-9(16-10)12-8-5-3-7(11)4-6-8/h3-6H,2H2,1H3,(H,12,13). The number of rotatable bonds is 4. The van der Waals surface area contributed by atoms with Gasteiger partial charge in [-0.1, -0.05) is 30.0 Å². The van der Waals surface area contributed by atoms with Crippen LogP contribution < -0.4 is 5.32 Å². The summed E-state index contributed by atoms with van der Waals surface area (Å²) in [6.45, 7) is 2.07. The van der Waals surface area contributed by atoms with Gasteiger partial charge in [0.05, 0.1) is 0 Å². The lowest BCUT2D eigenvalue weighted by Crippen LogP contribution is -1.89. The zero-order chi connectivity index (χ0) is 11.4. The van der Waals surface area contributed by atoms with Crippen LogP contribution in [-0.2, 0) is 0 Å². The van der Waals surface area contributed by atoms with E-state index in [2.05, 4.69) is 22.4 Å². The molecule has 0 spiro atoms. The molecule has 1 aromatic heterocycles. The van der Waals surface area contributed by atoms with Crippen LogP contribution in [0.25, 0.3) is 0 Å². The van der Waals surface area contributed by atoms with Gasteiger partial charge in [-0.15, -0.1) is 10.2 Å². The molecule has 84 valence electrons. The molecule has 1 aromatic carbocycles. The highest BCUT2D eigenvalue weighted by molar-refractivity contribution is 8.01. The lowest BCUT2D eigenvalue weighted by molar-refractivity contribution is 0.628. The number of hydrogen-bond donors (Lipinski definition) is 1. The summed E-state index contributed by atoms with van der Waals surface area (Å²) in [5.74, 6) is 0.732. The molecule has 0 saturated carbocycles. The van der Waals surface area contributed by atoms with Crippen molar-refractivity contribution in [3.05, 3.63) is 30.1 Å². The predicted octanol–water partition coefficient (Wildman–Crippen LogP) is 3.53. The lowest BCUT2D eigenvalue weighted by atomic mass is 10.3. The molecule has 0 aliphatic heterocycles. The smallest absolute Gasteiger partial charge is 0.210 e. The van der Waals surface area contributed by atoms with Crippen LogP contribution in [0, 0.1) is 5.82 Å². The van der Waals surface area contributed by atoms with Gasteiger partial charge in [-0.25, -0.2) is 4.39 Å². The van der Waals surface area contributed by atoms with E-state index >= 15 is 0 Å². The van der Waals surface area contributed by atoms with Crippen LogP contribution in [0.4, 0.5) is 15.2 Å². The van der Waals surface area contributed by atoms with E-state index in [0.717, 1.165) is 20.9 Å². The highest BCUT2D eigenvalue weighted by atomic mass is 32.2. The summed E-state index contributed by atoms with van der Waals surface area (Å²) in [7, 11) is 0. The predicted molar refractivity (Wildman–Crippen MR) is 66.0 cm³/mol. The highest BCUT2D eigenvalue weighted by Crippen LogP contribution is 2.27. The Kier molecular flexibility index (Phi) is 3.74. The fourth-order valence-electron chi connectivity index (χ4n) is 1.10. The van der Waals surface area contributed by atoms with Crippen molar-refractivity contribution in [1.82, 2.24) is 10.2 Å². The molecule has 16 heavy (non-hydrogen) atoms. The largest absolute Gasteiger partial charge is 0.330 e. The van der Waals surface area contributed by atoms with Gasteiger partial charge in [0.1, 0.15) is 5.82 Å². The van der Waals surface area contributed by atoms with Crippen LogP contribution >= 0.6 is 23.1 Å². The van der Waals surface area contributed by atoms with E-state index in [1.54, 1.807) is 23.9 Å². The van der Waals surface area contributed by atoms with Crippen molar-refractivity contribution in [2.75, 3.05) is 11.1 Å². The molecule has 0 amide bonds. The van der Waals surface area contributed by atoms with E-state index in [4.69, 9.17) is 0 Å². The van der Waals surface area contributed by atoms with E-state index in [0.29, 0.717) is 0 Å². The van der Waals surface area contributed by atoms with Crippen molar-refractivity contribution >= 4 is 33.9 Å². The van der Waals surface area contributed by atoms with Gasteiger partial charge in [-0.05, 0) is 30.0 Å². The molecule has 6 heteroatoms. The van der Waals surface area contributed by atoms with Crippen molar-refractivity contribution in [2.45, 2.75) is 11.3 Å². The number of nitrogens with zero attached hydrogens (tertiary/aromatic N) is 2. The topological polar surface area (TPSA) is 37.8 Å². The zero-order valence-corrected chi connectivity index (χ0v) is 10.2. The average molecular weight is 255 g/mol. The fourth-order valence-corrected chi connectivity index (χ4v) is 2.77. The maximum absolute atomic E-state index is 12.7. The van der Waals surface area contributed by atoms with Gasteiger partial charge in [-0.3, -0.25) is 0 Å². The second-order valence-corrected chi connectivity index (χ2v) is 5.43. The first-order valence-corrected chi connectivity index (χ1v) is 6.57. The van der Waals surface area contributed by atoms with Gasteiger partial charge in [0.2, 0.25) is 5.13 Å². The molecule has 0 aliphatic carbocycles. The van der Waals surface area contributed by atoms with Crippen molar-refractivity contribution in [2.24, 2.45) is 0 Å². The van der Waals surface area contributed by atoms with E-state index in [1.807, 2.05) is 0 Å². The van der Waals surface area contributed by atoms with Crippen LogP contribution in [0.3, 0.4) is 0 Å². The molecule has 2 rings (SSSR count). The quantitative estimate of drug-likeness (QED) is 0.848. The number of hydrogen-bond acceptors (Lipinski definition) is 5. The third-order valence-electron chi connectivity index (χ3n) is 1.77. The number of benzene rings is 1. The monoisotopic (exact) mass is 255 g/mol. The molecular formula is C10H10FN3S2.